The lowest BCUT2D eigenvalue weighted by Crippen LogP contribution is -2.41. The van der Waals surface area contributed by atoms with E-state index < -0.39 is 0 Å². The van der Waals surface area contributed by atoms with Gasteiger partial charge >= 0.3 is 0 Å². The summed E-state index contributed by atoms with van der Waals surface area (Å²) in [5.41, 5.74) is 2.65. The van der Waals surface area contributed by atoms with Crippen LogP contribution >= 0.6 is 0 Å². The Morgan fingerprint density at radius 2 is 1.96 bits per heavy atom. The lowest BCUT2D eigenvalue weighted by atomic mass is 9.96. The van der Waals surface area contributed by atoms with E-state index in [-0.39, 0.29) is 5.91 Å². The van der Waals surface area contributed by atoms with Crippen molar-refractivity contribution in [2.75, 3.05) is 44.7 Å². The first kappa shape index (κ1) is 17.5. The predicted octanol–water partition coefficient (Wildman–Crippen LogP) is 1.31. The Kier molecular flexibility index (Phi) is 5.75. The summed E-state index contributed by atoms with van der Waals surface area (Å²) in [4.78, 5) is 29.3. The van der Waals surface area contributed by atoms with E-state index in [9.17, 15) is 4.79 Å². The average molecular weight is 342 g/mol. The van der Waals surface area contributed by atoms with Gasteiger partial charge in [-0.15, -0.1) is 0 Å². The molecule has 0 saturated carbocycles. The van der Waals surface area contributed by atoms with E-state index >= 15 is 0 Å². The summed E-state index contributed by atoms with van der Waals surface area (Å²) in [5.74, 6) is 0.647. The van der Waals surface area contributed by atoms with Crippen LogP contribution in [0.2, 0.25) is 0 Å². The molecule has 134 valence electrons. The van der Waals surface area contributed by atoms with Gasteiger partial charge in [-0.25, -0.2) is 15.0 Å². The van der Waals surface area contributed by atoms with E-state index in [4.69, 9.17) is 0 Å². The molecular weight excluding hydrogens is 316 g/mol. The van der Waals surface area contributed by atoms with Crippen LogP contribution in [0, 0.1) is 5.92 Å². The van der Waals surface area contributed by atoms with Crippen molar-refractivity contribution in [2.45, 2.75) is 19.8 Å². The van der Waals surface area contributed by atoms with E-state index in [1.54, 1.807) is 18.6 Å². The lowest BCUT2D eigenvalue weighted by Gasteiger charge is -2.33. The highest BCUT2D eigenvalue weighted by Gasteiger charge is 2.21. The standard InChI is InChI=1S/C18H26N6O/c1-3-23(2)13-16(25)22-12-14-5-10-24(11-6-14)15-4-7-20-18-17(15)19-8-9-21-18/h4,7-9,14H,3,5-6,10-13H2,1-2H3,(H,22,25). The number of nitrogens with zero attached hydrogens (tertiary/aromatic N) is 5. The molecule has 0 radical (unpaired) electrons. The molecule has 1 aliphatic heterocycles. The van der Waals surface area contributed by atoms with Crippen molar-refractivity contribution in [2.24, 2.45) is 5.92 Å². The minimum atomic E-state index is 0.113. The van der Waals surface area contributed by atoms with E-state index in [0.717, 1.165) is 50.2 Å². The number of piperidine rings is 1. The van der Waals surface area contributed by atoms with E-state index in [2.05, 4.69) is 32.1 Å². The monoisotopic (exact) mass is 342 g/mol. The molecule has 25 heavy (non-hydrogen) atoms. The van der Waals surface area contributed by atoms with Crippen LogP contribution in [-0.4, -0.2) is 65.5 Å². The summed E-state index contributed by atoms with van der Waals surface area (Å²) in [7, 11) is 1.96. The molecule has 3 heterocycles. The number of carbonyl (C=O) groups excluding carboxylic acids is 1. The molecule has 7 nitrogen and oxygen atoms in total. The smallest absolute Gasteiger partial charge is 0.234 e. The number of pyridine rings is 1. The van der Waals surface area contributed by atoms with Gasteiger partial charge in [-0.05, 0) is 38.4 Å². The van der Waals surface area contributed by atoms with Gasteiger partial charge in [0.05, 0.1) is 12.2 Å². The number of amides is 1. The zero-order chi connectivity index (χ0) is 17.6. The van der Waals surface area contributed by atoms with Gasteiger partial charge in [-0.2, -0.15) is 0 Å². The number of hydrogen-bond donors (Lipinski definition) is 1. The number of rotatable bonds is 6. The molecule has 3 rings (SSSR count). The third kappa shape index (κ3) is 4.42. The highest BCUT2D eigenvalue weighted by molar-refractivity contribution is 5.85. The molecule has 0 bridgehead atoms. The molecule has 1 N–H and O–H groups in total. The molecule has 1 saturated heterocycles. The molecule has 2 aromatic heterocycles. The van der Waals surface area contributed by atoms with Crippen LogP contribution < -0.4 is 10.2 Å². The Morgan fingerprint density at radius 1 is 1.24 bits per heavy atom. The van der Waals surface area contributed by atoms with Gasteiger partial charge in [0.2, 0.25) is 5.91 Å². The first-order valence-corrected chi connectivity index (χ1v) is 8.93. The van der Waals surface area contributed by atoms with Gasteiger partial charge in [0, 0.05) is 38.2 Å². The van der Waals surface area contributed by atoms with Gasteiger partial charge < -0.3 is 10.2 Å². The Balaban J connectivity index is 1.53. The summed E-state index contributed by atoms with van der Waals surface area (Å²) in [5, 5.41) is 3.07. The van der Waals surface area contributed by atoms with Crippen molar-refractivity contribution >= 4 is 22.8 Å². The third-order valence-electron chi connectivity index (χ3n) is 4.85. The summed E-state index contributed by atoms with van der Waals surface area (Å²) < 4.78 is 0. The summed E-state index contributed by atoms with van der Waals surface area (Å²) in [6, 6.07) is 2.01. The molecule has 1 fully saturated rings. The maximum absolute atomic E-state index is 11.9. The van der Waals surface area contributed by atoms with Crippen molar-refractivity contribution in [3.8, 4) is 0 Å². The molecular formula is C18H26N6O. The summed E-state index contributed by atoms with van der Waals surface area (Å²) >= 11 is 0. The van der Waals surface area contributed by atoms with Crippen LogP contribution in [0.4, 0.5) is 5.69 Å². The van der Waals surface area contributed by atoms with Gasteiger partial charge in [-0.1, -0.05) is 6.92 Å². The second kappa shape index (κ2) is 8.20. The topological polar surface area (TPSA) is 74.2 Å². The van der Waals surface area contributed by atoms with E-state index in [0.29, 0.717) is 18.1 Å². The van der Waals surface area contributed by atoms with Gasteiger partial charge in [0.25, 0.3) is 0 Å². The van der Waals surface area contributed by atoms with Gasteiger partial charge in [0.1, 0.15) is 5.52 Å². The number of nitrogens with one attached hydrogen (secondary N) is 1. The Morgan fingerprint density at radius 3 is 2.72 bits per heavy atom. The number of likely N-dealkylation sites (N-methyl/N-ethyl adjacent to an activating group) is 1. The van der Waals surface area contributed by atoms with Crippen molar-refractivity contribution in [3.05, 3.63) is 24.7 Å². The number of fused-ring (bicyclic) bond motifs is 1. The molecule has 2 aromatic rings. The van der Waals surface area contributed by atoms with Crippen LogP contribution in [0.15, 0.2) is 24.7 Å². The number of carbonyl (C=O) groups is 1. The lowest BCUT2D eigenvalue weighted by molar-refractivity contribution is -0.122. The first-order valence-electron chi connectivity index (χ1n) is 8.93. The van der Waals surface area contributed by atoms with Gasteiger partial charge in [-0.3, -0.25) is 9.69 Å². The number of anilines is 1. The Hall–Kier alpha value is -2.28. The number of hydrogen-bond acceptors (Lipinski definition) is 6. The summed E-state index contributed by atoms with van der Waals surface area (Å²) in [6.45, 7) is 6.10. The quantitative estimate of drug-likeness (QED) is 0.853. The highest BCUT2D eigenvalue weighted by atomic mass is 16.2. The normalized spacial score (nSPS) is 15.7. The zero-order valence-electron chi connectivity index (χ0n) is 15.0. The van der Waals surface area contributed by atoms with Crippen LogP contribution in [0.3, 0.4) is 0 Å². The SMILES string of the molecule is CCN(C)CC(=O)NCC1CCN(c2ccnc3nccnc23)CC1. The molecule has 0 spiro atoms. The maximum Gasteiger partial charge on any atom is 0.234 e. The van der Waals surface area contributed by atoms with Gasteiger partial charge in [0.15, 0.2) is 5.65 Å². The minimum Gasteiger partial charge on any atom is -0.370 e. The molecule has 0 unspecified atom stereocenters. The van der Waals surface area contributed by atoms with Crippen LogP contribution in [-0.2, 0) is 4.79 Å². The van der Waals surface area contributed by atoms with Crippen LogP contribution in [0.1, 0.15) is 19.8 Å². The van der Waals surface area contributed by atoms with E-state index in [1.165, 1.54) is 0 Å². The largest absolute Gasteiger partial charge is 0.370 e. The second-order valence-corrected chi connectivity index (χ2v) is 6.62. The molecule has 0 aromatic carbocycles. The molecule has 7 heteroatoms. The Labute approximate surface area is 148 Å². The fourth-order valence-electron chi connectivity index (χ4n) is 3.17. The van der Waals surface area contributed by atoms with Crippen molar-refractivity contribution in [3.63, 3.8) is 0 Å². The Bertz CT molecular complexity index is 708. The summed E-state index contributed by atoms with van der Waals surface area (Å²) in [6.07, 6.45) is 7.30. The minimum absolute atomic E-state index is 0.113. The highest BCUT2D eigenvalue weighted by Crippen LogP contribution is 2.26. The van der Waals surface area contributed by atoms with Crippen molar-refractivity contribution < 1.29 is 4.79 Å². The zero-order valence-corrected chi connectivity index (χ0v) is 15.0. The molecule has 1 amide bonds. The van der Waals surface area contributed by atoms with Crippen LogP contribution in [0.25, 0.3) is 11.2 Å². The fraction of sp³-hybridized carbons (Fsp3) is 0.556. The first-order chi connectivity index (χ1) is 12.2. The second-order valence-electron chi connectivity index (χ2n) is 6.62. The van der Waals surface area contributed by atoms with Crippen molar-refractivity contribution in [1.29, 1.82) is 0 Å². The number of aromatic nitrogens is 3. The van der Waals surface area contributed by atoms with Crippen molar-refractivity contribution in [1.82, 2.24) is 25.2 Å². The molecule has 1 aliphatic rings. The van der Waals surface area contributed by atoms with E-state index in [1.807, 2.05) is 18.0 Å². The fourth-order valence-corrected chi connectivity index (χ4v) is 3.17. The van der Waals surface area contributed by atoms with Crippen LogP contribution in [0.5, 0.6) is 0 Å². The molecule has 0 aliphatic carbocycles. The average Bonchev–Trinajstić information content (AvgIpc) is 2.66. The molecule has 0 atom stereocenters. The predicted molar refractivity (Wildman–Crippen MR) is 98.5 cm³/mol. The third-order valence-corrected chi connectivity index (χ3v) is 4.85. The maximum atomic E-state index is 11.9.